The quantitative estimate of drug-likeness (QED) is 0.838. The zero-order valence-corrected chi connectivity index (χ0v) is 14.6. The van der Waals surface area contributed by atoms with Gasteiger partial charge in [-0.15, -0.1) is 0 Å². The Bertz CT molecular complexity index is 742. The number of benzene rings is 1. The van der Waals surface area contributed by atoms with E-state index in [1.807, 2.05) is 31.2 Å². The van der Waals surface area contributed by atoms with Crippen LogP contribution in [0.25, 0.3) is 0 Å². The molecule has 1 aliphatic heterocycles. The lowest BCUT2D eigenvalue weighted by atomic mass is 10.0. The van der Waals surface area contributed by atoms with Gasteiger partial charge < -0.3 is 14.3 Å². The smallest absolute Gasteiger partial charge is 0.276 e. The van der Waals surface area contributed by atoms with Gasteiger partial charge >= 0.3 is 0 Å². The van der Waals surface area contributed by atoms with Crippen LogP contribution in [0, 0.1) is 6.92 Å². The zero-order chi connectivity index (χ0) is 17.8. The average molecular weight is 341 g/mol. The van der Waals surface area contributed by atoms with Crippen molar-refractivity contribution in [3.63, 3.8) is 0 Å². The molecule has 0 unspecified atom stereocenters. The Labute approximate surface area is 147 Å². The molecule has 0 radical (unpaired) electrons. The van der Waals surface area contributed by atoms with Crippen molar-refractivity contribution in [2.45, 2.75) is 39.2 Å². The lowest BCUT2D eigenvalue weighted by Gasteiger charge is -2.41. The van der Waals surface area contributed by atoms with Gasteiger partial charge in [-0.1, -0.05) is 37.1 Å². The number of anilines is 1. The highest BCUT2D eigenvalue weighted by molar-refractivity contribution is 6.01. The van der Waals surface area contributed by atoms with Crippen LogP contribution >= 0.6 is 0 Å². The number of aromatic nitrogens is 1. The topological polar surface area (TPSA) is 66.7 Å². The van der Waals surface area contributed by atoms with E-state index in [1.54, 1.807) is 9.80 Å². The van der Waals surface area contributed by atoms with Crippen LogP contribution < -0.4 is 4.90 Å². The molecule has 6 heteroatoms. The van der Waals surface area contributed by atoms with E-state index in [1.165, 1.54) is 12.3 Å². The van der Waals surface area contributed by atoms with Gasteiger partial charge in [0.05, 0.1) is 6.04 Å². The minimum atomic E-state index is -0.243. The summed E-state index contributed by atoms with van der Waals surface area (Å²) in [5, 5.41) is 3.73. The molecular formula is C19H23N3O3. The second kappa shape index (κ2) is 7.51. The molecule has 1 aromatic heterocycles. The van der Waals surface area contributed by atoms with E-state index >= 15 is 0 Å². The Kier molecular flexibility index (Phi) is 5.16. The Hall–Kier alpha value is -2.63. The molecule has 0 saturated carbocycles. The van der Waals surface area contributed by atoms with E-state index in [4.69, 9.17) is 4.52 Å². The van der Waals surface area contributed by atoms with Gasteiger partial charge in [0.25, 0.3) is 5.91 Å². The lowest BCUT2D eigenvalue weighted by Crippen LogP contribution is -2.58. The number of unbranched alkanes of at least 4 members (excludes halogenated alkanes) is 1. The van der Waals surface area contributed by atoms with E-state index in [-0.39, 0.29) is 30.1 Å². The predicted molar refractivity (Wildman–Crippen MR) is 94.4 cm³/mol. The summed E-state index contributed by atoms with van der Waals surface area (Å²) in [6, 6.07) is 9.42. The Morgan fingerprint density at radius 3 is 2.88 bits per heavy atom. The molecule has 132 valence electrons. The first-order chi connectivity index (χ1) is 12.1. The molecule has 1 saturated heterocycles. The maximum absolute atomic E-state index is 12.7. The molecule has 0 N–H and O–H groups in total. The van der Waals surface area contributed by atoms with Gasteiger partial charge in [0.1, 0.15) is 12.8 Å². The van der Waals surface area contributed by atoms with E-state index in [2.05, 4.69) is 12.1 Å². The highest BCUT2D eigenvalue weighted by atomic mass is 16.5. The van der Waals surface area contributed by atoms with E-state index in [9.17, 15) is 9.59 Å². The van der Waals surface area contributed by atoms with Crippen LogP contribution in [0.2, 0.25) is 0 Å². The molecule has 2 amide bonds. The summed E-state index contributed by atoms with van der Waals surface area (Å²) in [7, 11) is 0. The Morgan fingerprint density at radius 2 is 2.20 bits per heavy atom. The molecule has 2 aromatic rings. The van der Waals surface area contributed by atoms with Crippen LogP contribution in [0.1, 0.15) is 42.2 Å². The summed E-state index contributed by atoms with van der Waals surface area (Å²) in [5.74, 6) is -0.317. The molecule has 1 atom stereocenters. The standard InChI is InChI=1S/C19H23N3O3/c1-3-4-7-16-12-21(15-8-5-6-14(2)11-15)18(23)13-22(16)19(24)17-9-10-25-20-17/h5-6,8-11,16H,3-4,7,12-13H2,1-2H3/t16-/m1/s1. The van der Waals surface area contributed by atoms with Gasteiger partial charge in [0.2, 0.25) is 5.91 Å². The summed E-state index contributed by atoms with van der Waals surface area (Å²) in [6.07, 6.45) is 4.28. The highest BCUT2D eigenvalue weighted by Crippen LogP contribution is 2.24. The normalized spacial score (nSPS) is 17.8. The second-order valence-electron chi connectivity index (χ2n) is 6.46. The van der Waals surface area contributed by atoms with Crippen molar-refractivity contribution < 1.29 is 14.1 Å². The molecule has 25 heavy (non-hydrogen) atoms. The van der Waals surface area contributed by atoms with Crippen LogP contribution in [-0.2, 0) is 4.79 Å². The van der Waals surface area contributed by atoms with E-state index < -0.39 is 0 Å². The third-order valence-corrected chi connectivity index (χ3v) is 4.56. The number of hydrogen-bond acceptors (Lipinski definition) is 4. The maximum atomic E-state index is 12.7. The van der Waals surface area contributed by atoms with Crippen molar-refractivity contribution in [2.24, 2.45) is 0 Å². The van der Waals surface area contributed by atoms with Gasteiger partial charge in [-0.2, -0.15) is 0 Å². The molecule has 0 bridgehead atoms. The first kappa shape index (κ1) is 17.2. The first-order valence-corrected chi connectivity index (χ1v) is 8.68. The molecule has 3 rings (SSSR count). The van der Waals surface area contributed by atoms with Gasteiger partial charge in [0, 0.05) is 18.3 Å². The number of piperazine rings is 1. The summed E-state index contributed by atoms with van der Waals surface area (Å²) in [6.45, 7) is 4.70. The van der Waals surface area contributed by atoms with Crippen LogP contribution in [0.3, 0.4) is 0 Å². The monoisotopic (exact) mass is 341 g/mol. The fourth-order valence-corrected chi connectivity index (χ4v) is 3.21. The van der Waals surface area contributed by atoms with Crippen LogP contribution in [0.4, 0.5) is 5.69 Å². The molecule has 0 aliphatic carbocycles. The minimum Gasteiger partial charge on any atom is -0.364 e. The number of rotatable bonds is 5. The van der Waals surface area contributed by atoms with Crippen LogP contribution in [-0.4, -0.2) is 41.0 Å². The SMILES string of the molecule is CCCC[C@@H]1CN(c2cccc(C)c2)C(=O)CN1C(=O)c1ccon1. The third kappa shape index (κ3) is 3.73. The van der Waals surface area contributed by atoms with E-state index in [0.717, 1.165) is 30.5 Å². The molecule has 2 heterocycles. The van der Waals surface area contributed by atoms with Crippen molar-refractivity contribution in [1.82, 2.24) is 10.1 Å². The number of carbonyl (C=O) groups is 2. The molecular weight excluding hydrogens is 318 g/mol. The van der Waals surface area contributed by atoms with Crippen molar-refractivity contribution in [1.29, 1.82) is 0 Å². The summed E-state index contributed by atoms with van der Waals surface area (Å²) in [4.78, 5) is 28.8. The summed E-state index contributed by atoms with van der Waals surface area (Å²) < 4.78 is 4.78. The van der Waals surface area contributed by atoms with Crippen LogP contribution in [0.15, 0.2) is 41.1 Å². The number of hydrogen-bond donors (Lipinski definition) is 0. The fourth-order valence-electron chi connectivity index (χ4n) is 3.21. The third-order valence-electron chi connectivity index (χ3n) is 4.56. The molecule has 1 fully saturated rings. The van der Waals surface area contributed by atoms with Gasteiger partial charge in [-0.05, 0) is 31.0 Å². The average Bonchev–Trinajstić information content (AvgIpc) is 3.14. The number of aryl methyl sites for hydroxylation is 1. The number of amides is 2. The van der Waals surface area contributed by atoms with Crippen molar-refractivity contribution >= 4 is 17.5 Å². The number of carbonyl (C=O) groups excluding carboxylic acids is 2. The summed E-state index contributed by atoms with van der Waals surface area (Å²) >= 11 is 0. The maximum Gasteiger partial charge on any atom is 0.276 e. The molecule has 0 spiro atoms. The minimum absolute atomic E-state index is 0.0256. The molecule has 6 nitrogen and oxygen atoms in total. The lowest BCUT2D eigenvalue weighted by molar-refractivity contribution is -0.121. The zero-order valence-electron chi connectivity index (χ0n) is 14.6. The van der Waals surface area contributed by atoms with Crippen molar-refractivity contribution in [3.8, 4) is 0 Å². The van der Waals surface area contributed by atoms with Crippen molar-refractivity contribution in [2.75, 3.05) is 18.0 Å². The molecule has 1 aliphatic rings. The Balaban J connectivity index is 1.84. The van der Waals surface area contributed by atoms with Crippen LogP contribution in [0.5, 0.6) is 0 Å². The second-order valence-corrected chi connectivity index (χ2v) is 6.46. The van der Waals surface area contributed by atoms with Crippen molar-refractivity contribution in [3.05, 3.63) is 47.9 Å². The van der Waals surface area contributed by atoms with E-state index in [0.29, 0.717) is 6.54 Å². The largest absolute Gasteiger partial charge is 0.364 e. The fraction of sp³-hybridized carbons (Fsp3) is 0.421. The van der Waals surface area contributed by atoms with Gasteiger partial charge in [-0.3, -0.25) is 9.59 Å². The molecule has 1 aromatic carbocycles. The first-order valence-electron chi connectivity index (χ1n) is 8.68. The highest BCUT2D eigenvalue weighted by Gasteiger charge is 2.36. The van der Waals surface area contributed by atoms with Gasteiger partial charge in [0.15, 0.2) is 5.69 Å². The summed E-state index contributed by atoms with van der Waals surface area (Å²) in [5.41, 5.74) is 2.25. The van der Waals surface area contributed by atoms with Gasteiger partial charge in [-0.25, -0.2) is 0 Å². The Morgan fingerprint density at radius 1 is 1.36 bits per heavy atom. The predicted octanol–water partition coefficient (Wildman–Crippen LogP) is 3.03. The number of nitrogens with zero attached hydrogens (tertiary/aromatic N) is 3.